The first-order valence-corrected chi connectivity index (χ1v) is 7.54. The maximum Gasteiger partial charge on any atom is 0.414 e. The van der Waals surface area contributed by atoms with Gasteiger partial charge in [-0.2, -0.15) is 0 Å². The Labute approximate surface area is 140 Å². The fraction of sp³-hybridized carbons (Fsp3) is 0.158. The van der Waals surface area contributed by atoms with Crippen LogP contribution < -0.4 is 4.74 Å². The minimum Gasteiger partial charge on any atom is -0.508 e. The molecule has 0 aliphatic carbocycles. The van der Waals surface area contributed by atoms with Crippen LogP contribution in [0.25, 0.3) is 6.08 Å². The normalized spacial score (nSPS) is 10.6. The predicted octanol–water partition coefficient (Wildman–Crippen LogP) is 3.74. The Morgan fingerprint density at radius 3 is 2.54 bits per heavy atom. The van der Waals surface area contributed by atoms with Crippen molar-refractivity contribution in [2.24, 2.45) is 0 Å². The first-order chi connectivity index (χ1) is 11.5. The zero-order chi connectivity index (χ0) is 17.5. The van der Waals surface area contributed by atoms with E-state index in [2.05, 4.69) is 0 Å². The van der Waals surface area contributed by atoms with E-state index < -0.39 is 6.09 Å². The number of hydrogen-bond donors (Lipinski definition) is 1. The summed E-state index contributed by atoms with van der Waals surface area (Å²) in [6.07, 6.45) is 2.65. The lowest BCUT2D eigenvalue weighted by atomic mass is 10.1. The number of allylic oxidation sites excluding steroid dienone is 1. The van der Waals surface area contributed by atoms with Gasteiger partial charge in [-0.1, -0.05) is 18.2 Å². The van der Waals surface area contributed by atoms with Crippen LogP contribution in [0.4, 0.5) is 4.79 Å². The third-order valence-corrected chi connectivity index (χ3v) is 3.43. The van der Waals surface area contributed by atoms with E-state index in [0.717, 1.165) is 5.56 Å². The number of phenolic OH excluding ortho intramolecular Hbond substituents is 1. The Hall–Kier alpha value is -3.08. The second-order valence-electron chi connectivity index (χ2n) is 5.20. The molecule has 0 unspecified atom stereocenters. The molecular formula is C19H19NO4. The van der Waals surface area contributed by atoms with Gasteiger partial charge in [0.05, 0.1) is 0 Å². The van der Waals surface area contributed by atoms with Crippen molar-refractivity contribution in [1.82, 2.24) is 4.90 Å². The summed E-state index contributed by atoms with van der Waals surface area (Å²) in [5, 5.41) is 9.23. The molecule has 0 spiro atoms. The molecule has 0 atom stereocenters. The topological polar surface area (TPSA) is 66.8 Å². The third-order valence-electron chi connectivity index (χ3n) is 3.43. The smallest absolute Gasteiger partial charge is 0.414 e. The number of nitrogens with zero attached hydrogens (tertiary/aromatic N) is 1. The number of benzene rings is 2. The molecule has 0 heterocycles. The van der Waals surface area contributed by atoms with Crippen LogP contribution in [-0.4, -0.2) is 35.5 Å². The first kappa shape index (κ1) is 17.3. The number of carbonyl (C=O) groups is 2. The van der Waals surface area contributed by atoms with E-state index in [9.17, 15) is 14.7 Å². The van der Waals surface area contributed by atoms with Crippen molar-refractivity contribution in [3.63, 3.8) is 0 Å². The van der Waals surface area contributed by atoms with E-state index in [-0.39, 0.29) is 11.5 Å². The highest BCUT2D eigenvalue weighted by atomic mass is 16.6. The highest BCUT2D eigenvalue weighted by molar-refractivity contribution is 6.06. The SMILES string of the molecule is CCN(C)C(=O)Oc1cccc(/C=C/C(=O)c2ccc(O)cc2)c1. The molecule has 5 nitrogen and oxygen atoms in total. The molecule has 0 fully saturated rings. The summed E-state index contributed by atoms with van der Waals surface area (Å²) in [5.74, 6) is 0.352. The number of hydrogen-bond acceptors (Lipinski definition) is 4. The Morgan fingerprint density at radius 2 is 1.88 bits per heavy atom. The zero-order valence-electron chi connectivity index (χ0n) is 13.6. The number of amides is 1. The van der Waals surface area contributed by atoms with Crippen LogP contribution in [0.1, 0.15) is 22.8 Å². The number of carbonyl (C=O) groups excluding carboxylic acids is 2. The van der Waals surface area contributed by atoms with E-state index in [0.29, 0.717) is 17.9 Å². The van der Waals surface area contributed by atoms with Crippen LogP contribution in [0.15, 0.2) is 54.6 Å². The van der Waals surface area contributed by atoms with Crippen molar-refractivity contribution in [3.8, 4) is 11.5 Å². The minimum absolute atomic E-state index is 0.113. The molecule has 124 valence electrons. The van der Waals surface area contributed by atoms with Crippen molar-refractivity contribution in [1.29, 1.82) is 0 Å². The molecule has 0 bridgehead atoms. The van der Waals surface area contributed by atoms with Gasteiger partial charge in [0.2, 0.25) is 0 Å². The molecule has 2 rings (SSSR count). The molecular weight excluding hydrogens is 306 g/mol. The van der Waals surface area contributed by atoms with Crippen LogP contribution >= 0.6 is 0 Å². The number of rotatable bonds is 5. The van der Waals surface area contributed by atoms with Gasteiger partial charge in [0.1, 0.15) is 11.5 Å². The van der Waals surface area contributed by atoms with E-state index in [4.69, 9.17) is 4.74 Å². The average molecular weight is 325 g/mol. The Morgan fingerprint density at radius 1 is 1.17 bits per heavy atom. The predicted molar refractivity (Wildman–Crippen MR) is 92.2 cm³/mol. The molecule has 0 saturated carbocycles. The zero-order valence-corrected chi connectivity index (χ0v) is 13.6. The molecule has 0 aliphatic rings. The van der Waals surface area contributed by atoms with Crippen molar-refractivity contribution in [2.75, 3.05) is 13.6 Å². The lowest BCUT2D eigenvalue weighted by Gasteiger charge is -2.14. The van der Waals surface area contributed by atoms with Crippen LogP contribution in [-0.2, 0) is 0 Å². The quantitative estimate of drug-likeness (QED) is 0.672. The summed E-state index contributed by atoms with van der Waals surface area (Å²) in [7, 11) is 1.66. The lowest BCUT2D eigenvalue weighted by Crippen LogP contribution is -2.29. The maximum atomic E-state index is 12.1. The van der Waals surface area contributed by atoms with Gasteiger partial charge in [0.15, 0.2) is 5.78 Å². The minimum atomic E-state index is -0.432. The van der Waals surface area contributed by atoms with Gasteiger partial charge in [-0.25, -0.2) is 4.79 Å². The van der Waals surface area contributed by atoms with Gasteiger partial charge < -0.3 is 14.7 Å². The Balaban J connectivity index is 2.07. The number of ether oxygens (including phenoxy) is 1. The molecule has 24 heavy (non-hydrogen) atoms. The summed E-state index contributed by atoms with van der Waals surface area (Å²) < 4.78 is 5.25. The van der Waals surface area contributed by atoms with Gasteiger partial charge in [-0.3, -0.25) is 4.79 Å². The van der Waals surface area contributed by atoms with Gasteiger partial charge in [-0.05, 0) is 55.0 Å². The largest absolute Gasteiger partial charge is 0.508 e. The highest BCUT2D eigenvalue weighted by Crippen LogP contribution is 2.16. The van der Waals surface area contributed by atoms with Crippen molar-refractivity contribution in [3.05, 3.63) is 65.7 Å². The van der Waals surface area contributed by atoms with Crippen LogP contribution in [0.3, 0.4) is 0 Å². The molecule has 2 aromatic carbocycles. The summed E-state index contributed by atoms with van der Waals surface area (Å²) in [6.45, 7) is 2.41. The average Bonchev–Trinajstić information content (AvgIpc) is 2.59. The van der Waals surface area contributed by atoms with Crippen LogP contribution in [0.5, 0.6) is 11.5 Å². The summed E-state index contributed by atoms with van der Waals surface area (Å²) in [6, 6.07) is 13.0. The Bertz CT molecular complexity index is 750. The van der Waals surface area contributed by atoms with E-state index in [1.165, 1.54) is 23.1 Å². The fourth-order valence-electron chi connectivity index (χ4n) is 1.88. The van der Waals surface area contributed by atoms with Crippen molar-refractivity contribution >= 4 is 18.0 Å². The molecule has 0 saturated heterocycles. The van der Waals surface area contributed by atoms with E-state index in [1.54, 1.807) is 43.5 Å². The van der Waals surface area contributed by atoms with Gasteiger partial charge >= 0.3 is 6.09 Å². The summed E-state index contributed by atoms with van der Waals surface area (Å²) in [4.78, 5) is 25.3. The molecule has 0 aliphatic heterocycles. The van der Waals surface area contributed by atoms with Gasteiger partial charge in [0, 0.05) is 19.2 Å². The van der Waals surface area contributed by atoms with Gasteiger partial charge in [-0.15, -0.1) is 0 Å². The molecule has 0 radical (unpaired) electrons. The third kappa shape index (κ3) is 4.71. The van der Waals surface area contributed by atoms with Crippen LogP contribution in [0.2, 0.25) is 0 Å². The molecule has 0 aromatic heterocycles. The first-order valence-electron chi connectivity index (χ1n) is 7.54. The fourth-order valence-corrected chi connectivity index (χ4v) is 1.88. The standard InChI is InChI=1S/C19H19NO4/c1-3-20(2)19(23)24-17-6-4-5-14(13-17)7-12-18(22)15-8-10-16(21)11-9-15/h4-13,21H,3H2,1-2H3/b12-7+. The van der Waals surface area contributed by atoms with Crippen molar-refractivity contribution < 1.29 is 19.4 Å². The second-order valence-corrected chi connectivity index (χ2v) is 5.20. The maximum absolute atomic E-state index is 12.1. The number of ketones is 1. The molecule has 2 aromatic rings. The number of phenols is 1. The number of aromatic hydroxyl groups is 1. The van der Waals surface area contributed by atoms with E-state index in [1.807, 2.05) is 13.0 Å². The Kier molecular flexibility index (Phi) is 5.73. The van der Waals surface area contributed by atoms with Crippen molar-refractivity contribution in [2.45, 2.75) is 6.92 Å². The summed E-state index contributed by atoms with van der Waals surface area (Å²) in [5.41, 5.74) is 1.22. The van der Waals surface area contributed by atoms with Crippen LogP contribution in [0, 0.1) is 0 Å². The highest BCUT2D eigenvalue weighted by Gasteiger charge is 2.09. The van der Waals surface area contributed by atoms with Gasteiger partial charge in [0.25, 0.3) is 0 Å². The monoisotopic (exact) mass is 325 g/mol. The lowest BCUT2D eigenvalue weighted by molar-refractivity contribution is 0.104. The molecule has 5 heteroatoms. The summed E-state index contributed by atoms with van der Waals surface area (Å²) >= 11 is 0. The second kappa shape index (κ2) is 7.97. The molecule has 1 amide bonds. The molecule has 1 N–H and O–H groups in total. The van der Waals surface area contributed by atoms with E-state index >= 15 is 0 Å².